The molecular weight excluding hydrogens is 1580 g/mol. The number of aryl methyl sites for hydroxylation is 3. The first-order chi connectivity index (χ1) is 57.8. The van der Waals surface area contributed by atoms with Gasteiger partial charge in [-0.05, 0) is 197 Å². The van der Waals surface area contributed by atoms with Gasteiger partial charge in [0, 0.05) is 77.2 Å². The SMILES string of the molecule is CCc1cc(-c2cccc(C3=Nc4cc(C)c(C(F)(F)F)cc4NC(=O)C3)c2)ccn1.COc1cc2c(cc1C(F)(F)F)NC(=O)CC(c1cccc(-c3cccnc3)c1)=N2.Cc1cc2c(cc1C(F)(F)F)NC(=O)CC(c1cccc(-c3cccnc3)c1)=N2.O=C1CC(c2cccc(-c3ccc(C4CC4)nc3)c2)=Nc2ccc(C(F)(F)F)cc2N1. The minimum Gasteiger partial charge on any atom is -0.496 e. The van der Waals surface area contributed by atoms with Crippen molar-refractivity contribution < 1.29 is 76.6 Å². The number of benzene rings is 8. The number of carbonyl (C=O) groups is 4. The van der Waals surface area contributed by atoms with Crippen LogP contribution in [0.15, 0.2) is 257 Å². The highest BCUT2D eigenvalue weighted by Crippen LogP contribution is 2.46. The molecule has 0 saturated heterocycles. The zero-order valence-electron chi connectivity index (χ0n) is 64.7. The first-order valence-electron chi connectivity index (χ1n) is 37.9. The molecule has 8 aromatic carbocycles. The molecule has 0 atom stereocenters. The summed E-state index contributed by atoms with van der Waals surface area (Å²) in [5, 5.41) is 10.2. The number of aliphatic imine (C=N–C) groups is 4. The number of carbonyl (C=O) groups excluding carboxylic acids is 4. The Labute approximate surface area is 684 Å². The number of halogens is 12. The highest BCUT2D eigenvalue weighted by atomic mass is 19.4. The Morgan fingerprint density at radius 1 is 0.355 bits per heavy atom. The van der Waals surface area contributed by atoms with Crippen LogP contribution in [0.4, 0.5) is 98.2 Å². The van der Waals surface area contributed by atoms with Crippen molar-refractivity contribution in [3.63, 3.8) is 0 Å². The van der Waals surface area contributed by atoms with Crippen molar-refractivity contribution in [3.05, 3.63) is 304 Å². The summed E-state index contributed by atoms with van der Waals surface area (Å²) in [5.41, 5.74) is 12.4. The van der Waals surface area contributed by atoms with Crippen LogP contribution in [0, 0.1) is 13.8 Å². The second-order valence-corrected chi connectivity index (χ2v) is 28.7. The van der Waals surface area contributed by atoms with Gasteiger partial charge in [-0.2, -0.15) is 52.7 Å². The van der Waals surface area contributed by atoms with Crippen LogP contribution >= 0.6 is 0 Å². The molecule has 0 radical (unpaired) electrons. The Bertz CT molecular complexity index is 6140. The van der Waals surface area contributed by atoms with Gasteiger partial charge in [0.25, 0.3) is 0 Å². The lowest BCUT2D eigenvalue weighted by atomic mass is 9.99. The number of alkyl halides is 12. The number of ether oxygens (including phenoxy) is 1. The molecule has 4 amide bonds. The topological polar surface area (TPSA) is 227 Å². The van der Waals surface area contributed by atoms with Gasteiger partial charge in [0.1, 0.15) is 5.75 Å². The molecule has 4 aromatic heterocycles. The third kappa shape index (κ3) is 20.2. The number of amides is 4. The number of methoxy groups -OCH3 is 1. The molecular formula is C92H70F12N12O5. The van der Waals surface area contributed by atoms with Crippen LogP contribution in [0.3, 0.4) is 0 Å². The lowest BCUT2D eigenvalue weighted by molar-refractivity contribution is -0.139. The molecule has 121 heavy (non-hydrogen) atoms. The number of rotatable bonds is 11. The molecule has 1 saturated carbocycles. The molecule has 0 spiro atoms. The van der Waals surface area contributed by atoms with E-state index in [-0.39, 0.29) is 71.0 Å². The molecule has 12 aromatic rings. The fraction of sp³-hybridized carbons (Fsp3) is 0.174. The minimum absolute atomic E-state index is 0.00783. The van der Waals surface area contributed by atoms with Gasteiger partial charge < -0.3 is 26.0 Å². The maximum Gasteiger partial charge on any atom is 0.420 e. The number of hydrogen-bond donors (Lipinski definition) is 4. The van der Waals surface area contributed by atoms with E-state index in [1.165, 1.54) is 51.0 Å². The monoisotopic (exact) mass is 1650 g/mol. The number of fused-ring (bicyclic) bond motifs is 4. The molecule has 4 aliphatic heterocycles. The van der Waals surface area contributed by atoms with E-state index in [1.54, 1.807) is 37.1 Å². The van der Waals surface area contributed by atoms with Crippen LogP contribution < -0.4 is 26.0 Å². The number of aromatic nitrogens is 4. The van der Waals surface area contributed by atoms with Gasteiger partial charge in [0.15, 0.2) is 0 Å². The van der Waals surface area contributed by atoms with Crippen molar-refractivity contribution in [2.24, 2.45) is 20.0 Å². The molecule has 1 aliphatic carbocycles. The average Bonchev–Trinajstić information content (AvgIpc) is 1.76. The molecule has 29 heteroatoms. The van der Waals surface area contributed by atoms with Crippen molar-refractivity contribution in [1.29, 1.82) is 0 Å². The number of nitrogens with zero attached hydrogens (tertiary/aromatic N) is 8. The van der Waals surface area contributed by atoms with E-state index >= 15 is 0 Å². The number of hydrogen-bond acceptors (Lipinski definition) is 13. The van der Waals surface area contributed by atoms with Crippen molar-refractivity contribution in [3.8, 4) is 50.3 Å². The molecule has 5 aliphatic rings. The van der Waals surface area contributed by atoms with Gasteiger partial charge >= 0.3 is 24.7 Å². The average molecular weight is 1650 g/mol. The highest BCUT2D eigenvalue weighted by molar-refractivity contribution is 6.20. The molecule has 4 N–H and O–H groups in total. The Kier molecular flexibility index (Phi) is 24.0. The molecule has 17 nitrogen and oxygen atoms in total. The number of anilines is 4. The summed E-state index contributed by atoms with van der Waals surface area (Å²) in [5.74, 6) is -1.44. The first-order valence-corrected chi connectivity index (χ1v) is 37.9. The highest BCUT2D eigenvalue weighted by Gasteiger charge is 2.39. The summed E-state index contributed by atoms with van der Waals surface area (Å²) < 4.78 is 163. The van der Waals surface area contributed by atoms with Gasteiger partial charge in [-0.25, -0.2) is 4.99 Å². The van der Waals surface area contributed by atoms with Crippen LogP contribution in [0.5, 0.6) is 5.75 Å². The van der Waals surface area contributed by atoms with E-state index in [0.29, 0.717) is 51.4 Å². The lowest BCUT2D eigenvalue weighted by Crippen LogP contribution is -2.15. The normalized spacial score (nSPS) is 14.4. The van der Waals surface area contributed by atoms with Gasteiger partial charge in [-0.3, -0.25) is 54.1 Å². The number of nitrogens with one attached hydrogen (secondary N) is 4. The first kappa shape index (κ1) is 83.4. The Balaban J connectivity index is 0.000000132. The Morgan fingerprint density at radius 3 is 1.10 bits per heavy atom. The maximum absolute atomic E-state index is 13.3. The third-order valence-corrected chi connectivity index (χ3v) is 20.1. The van der Waals surface area contributed by atoms with Crippen LogP contribution in [0.2, 0.25) is 0 Å². The van der Waals surface area contributed by atoms with Crippen molar-refractivity contribution in [2.45, 2.75) is 96.3 Å². The summed E-state index contributed by atoms with van der Waals surface area (Å²) in [4.78, 5) is 84.7. The van der Waals surface area contributed by atoms with E-state index in [4.69, 9.17) is 4.74 Å². The summed E-state index contributed by atoms with van der Waals surface area (Å²) in [7, 11) is 1.16. The minimum atomic E-state index is -4.62. The van der Waals surface area contributed by atoms with Crippen molar-refractivity contribution >= 4 is 92.0 Å². The summed E-state index contributed by atoms with van der Waals surface area (Å²) >= 11 is 0. The second-order valence-electron chi connectivity index (χ2n) is 28.7. The largest absolute Gasteiger partial charge is 0.496 e. The Hall–Kier alpha value is -14.1. The fourth-order valence-corrected chi connectivity index (χ4v) is 13.9. The smallest absolute Gasteiger partial charge is 0.420 e. The predicted octanol–water partition coefficient (Wildman–Crippen LogP) is 23.0. The standard InChI is InChI=1S/C24H18F3N3O.C24H20F3N3O.C22H16F3N3O2.C22H16F3N3O/c25-24(26,27)18-7-9-20-22(11-18)30-23(31)12-21(29-20)16-3-1-2-15(10-16)17-6-8-19(28-13-17)14-4-5-14;1-3-18-11-16(7-8-28-18)15-5-4-6-17(10-15)20-13-23(31)30-22-12-19(24(25,26)27)14(2)9-21(22)29-20;1-30-20-10-19-18(9-16(20)22(23,24)25)28-21(29)11-17(27-19)14-5-2-4-13(8-14)15-6-3-7-26-12-15;1-13-8-19-20(10-17(13)22(23,24)25)28-21(29)11-18(27-19)15-5-2-4-14(9-15)16-6-3-7-26-12-16/h1-3,6-11,13-14H,4-5,12H2,(H,30,31);4-12H,3,13H2,1-2H3,(H,30,31);2-10,12H,11H2,1H3,(H,28,29);2-10,12H,11H2,1H3,(H,28,29). The van der Waals surface area contributed by atoms with E-state index in [2.05, 4.69) is 61.2 Å². The molecule has 0 unspecified atom stereocenters. The summed E-state index contributed by atoms with van der Waals surface area (Å²) in [6.07, 6.45) is -4.67. The van der Waals surface area contributed by atoms with Crippen molar-refractivity contribution in [1.82, 2.24) is 19.9 Å². The Morgan fingerprint density at radius 2 is 0.727 bits per heavy atom. The van der Waals surface area contributed by atoms with Gasteiger partial charge in [0.2, 0.25) is 23.6 Å². The maximum atomic E-state index is 13.3. The summed E-state index contributed by atoms with van der Waals surface area (Å²) in [6.45, 7) is 4.81. The third-order valence-electron chi connectivity index (χ3n) is 20.1. The van der Waals surface area contributed by atoms with Gasteiger partial charge in [-0.15, -0.1) is 0 Å². The van der Waals surface area contributed by atoms with E-state index in [1.807, 2.05) is 153 Å². The van der Waals surface area contributed by atoms with Crippen molar-refractivity contribution in [2.75, 3.05) is 28.4 Å². The molecule has 17 rings (SSSR count). The molecule has 8 heterocycles. The second kappa shape index (κ2) is 34.8. The van der Waals surface area contributed by atoms with E-state index in [9.17, 15) is 71.9 Å². The van der Waals surface area contributed by atoms with E-state index in [0.717, 1.165) is 116 Å². The summed E-state index contributed by atoms with van der Waals surface area (Å²) in [6, 6.07) is 55.4. The van der Waals surface area contributed by atoms with E-state index < -0.39 is 70.6 Å². The lowest BCUT2D eigenvalue weighted by Gasteiger charge is -2.15. The van der Waals surface area contributed by atoms with Gasteiger partial charge in [-0.1, -0.05) is 97.9 Å². The van der Waals surface area contributed by atoms with Crippen LogP contribution in [-0.4, -0.2) is 73.5 Å². The van der Waals surface area contributed by atoms with Crippen LogP contribution in [0.1, 0.15) is 118 Å². The molecule has 0 bridgehead atoms. The van der Waals surface area contributed by atoms with Crippen LogP contribution in [0.25, 0.3) is 44.5 Å². The predicted molar refractivity (Wildman–Crippen MR) is 440 cm³/mol. The zero-order valence-corrected chi connectivity index (χ0v) is 64.7. The quantitative estimate of drug-likeness (QED) is 0.0902. The molecule has 1 fully saturated rings. The van der Waals surface area contributed by atoms with Crippen LogP contribution in [-0.2, 0) is 50.3 Å². The van der Waals surface area contributed by atoms with Gasteiger partial charge in [0.05, 0.1) is 123 Å². The fourth-order valence-electron chi connectivity index (χ4n) is 13.9. The molecule has 612 valence electrons. The zero-order chi connectivity index (χ0) is 85.7. The number of pyridine rings is 4.